The Morgan fingerprint density at radius 1 is 1.54 bits per heavy atom. The molecule has 0 radical (unpaired) electrons. The van der Waals surface area contributed by atoms with Gasteiger partial charge in [-0.3, -0.25) is 4.79 Å². The highest BCUT2D eigenvalue weighted by Gasteiger charge is 2.18. The van der Waals surface area contributed by atoms with Gasteiger partial charge in [-0.25, -0.2) is 0 Å². The molecular weight excluding hydrogens is 166 g/mol. The van der Waals surface area contributed by atoms with Crippen LogP contribution >= 0.6 is 0 Å². The van der Waals surface area contributed by atoms with Crippen molar-refractivity contribution in [3.63, 3.8) is 0 Å². The summed E-state index contributed by atoms with van der Waals surface area (Å²) in [6, 6.07) is 5.30. The molecule has 13 heavy (non-hydrogen) atoms. The molecule has 2 rings (SSSR count). The Labute approximate surface area is 76.6 Å². The van der Waals surface area contributed by atoms with Crippen LogP contribution in [-0.2, 0) is 6.42 Å². The number of rotatable bonds is 1. The Morgan fingerprint density at radius 3 is 3.15 bits per heavy atom. The smallest absolute Gasteiger partial charge is 0.251 e. The second-order valence-electron chi connectivity index (χ2n) is 3.45. The molecule has 3 heteroatoms. The first-order valence-corrected chi connectivity index (χ1v) is 4.64. The summed E-state index contributed by atoms with van der Waals surface area (Å²) in [5, 5.41) is 9.10. The van der Waals surface area contributed by atoms with Gasteiger partial charge in [-0.05, 0) is 25.3 Å². The van der Waals surface area contributed by atoms with Gasteiger partial charge >= 0.3 is 0 Å². The van der Waals surface area contributed by atoms with Crippen LogP contribution in [0.5, 0.6) is 0 Å². The van der Waals surface area contributed by atoms with Gasteiger partial charge < -0.3 is 9.67 Å². The number of hydrogen-bond donors (Lipinski definition) is 1. The van der Waals surface area contributed by atoms with Gasteiger partial charge in [0.1, 0.15) is 0 Å². The highest BCUT2D eigenvalue weighted by molar-refractivity contribution is 5.10. The third-order valence-corrected chi connectivity index (χ3v) is 2.62. The van der Waals surface area contributed by atoms with E-state index in [2.05, 4.69) is 0 Å². The van der Waals surface area contributed by atoms with Crippen LogP contribution in [-0.4, -0.2) is 16.3 Å². The van der Waals surface area contributed by atoms with Crippen molar-refractivity contribution < 1.29 is 5.11 Å². The Morgan fingerprint density at radius 2 is 2.38 bits per heavy atom. The summed E-state index contributed by atoms with van der Waals surface area (Å²) in [6.45, 7) is 0.0664. The lowest BCUT2D eigenvalue weighted by Crippen LogP contribution is -2.31. The molecule has 2 heterocycles. The number of aromatic nitrogens is 1. The zero-order chi connectivity index (χ0) is 9.26. The van der Waals surface area contributed by atoms with Crippen LogP contribution in [0, 0.1) is 0 Å². The fourth-order valence-electron chi connectivity index (χ4n) is 1.98. The molecule has 0 unspecified atom stereocenters. The molecule has 1 N–H and O–H groups in total. The fourth-order valence-corrected chi connectivity index (χ4v) is 1.98. The topological polar surface area (TPSA) is 42.2 Å². The first-order chi connectivity index (χ1) is 6.33. The van der Waals surface area contributed by atoms with Crippen LogP contribution in [0.25, 0.3) is 0 Å². The van der Waals surface area contributed by atoms with Gasteiger partial charge in [0.25, 0.3) is 5.56 Å². The average Bonchev–Trinajstić information content (AvgIpc) is 2.17. The van der Waals surface area contributed by atoms with Crippen molar-refractivity contribution in [2.24, 2.45) is 0 Å². The van der Waals surface area contributed by atoms with Crippen LogP contribution in [0.2, 0.25) is 0 Å². The van der Waals surface area contributed by atoms with E-state index in [0.717, 1.165) is 25.0 Å². The van der Waals surface area contributed by atoms with Crippen molar-refractivity contribution in [2.75, 3.05) is 6.61 Å². The number of aryl methyl sites for hydroxylation is 1. The predicted octanol–water partition coefficient (Wildman–Crippen LogP) is 0.718. The fraction of sp³-hybridized carbons (Fsp3) is 0.500. The van der Waals surface area contributed by atoms with Crippen molar-refractivity contribution in [2.45, 2.75) is 25.3 Å². The molecule has 0 fully saturated rings. The van der Waals surface area contributed by atoms with Crippen LogP contribution < -0.4 is 5.56 Å². The predicted molar refractivity (Wildman–Crippen MR) is 49.8 cm³/mol. The number of pyridine rings is 1. The molecule has 70 valence electrons. The minimum Gasteiger partial charge on any atom is -0.394 e. The lowest BCUT2D eigenvalue weighted by Gasteiger charge is -2.25. The highest BCUT2D eigenvalue weighted by atomic mass is 16.3. The molecule has 1 aliphatic rings. The summed E-state index contributed by atoms with van der Waals surface area (Å²) in [5.41, 5.74) is 1.06. The van der Waals surface area contributed by atoms with Crippen LogP contribution in [0.15, 0.2) is 23.0 Å². The monoisotopic (exact) mass is 179 g/mol. The van der Waals surface area contributed by atoms with Gasteiger partial charge in [0, 0.05) is 11.8 Å². The lowest BCUT2D eigenvalue weighted by molar-refractivity contribution is 0.203. The quantitative estimate of drug-likeness (QED) is 0.690. The van der Waals surface area contributed by atoms with E-state index < -0.39 is 0 Å². The van der Waals surface area contributed by atoms with Gasteiger partial charge in [-0.2, -0.15) is 0 Å². The molecule has 3 nitrogen and oxygen atoms in total. The molecule has 0 aliphatic carbocycles. The first-order valence-electron chi connectivity index (χ1n) is 4.64. The number of fused-ring (bicyclic) bond motifs is 1. The van der Waals surface area contributed by atoms with Crippen molar-refractivity contribution in [1.82, 2.24) is 4.57 Å². The maximum Gasteiger partial charge on any atom is 0.251 e. The molecule has 1 atom stereocenters. The van der Waals surface area contributed by atoms with E-state index in [1.165, 1.54) is 0 Å². The largest absolute Gasteiger partial charge is 0.394 e. The van der Waals surface area contributed by atoms with Crippen molar-refractivity contribution in [3.05, 3.63) is 34.2 Å². The summed E-state index contributed by atoms with van der Waals surface area (Å²) in [6.07, 6.45) is 2.93. The molecule has 0 saturated heterocycles. The molecule has 1 aliphatic heterocycles. The van der Waals surface area contributed by atoms with E-state index in [1.807, 2.05) is 6.07 Å². The minimum absolute atomic E-state index is 0.00236. The van der Waals surface area contributed by atoms with Crippen LogP contribution in [0.3, 0.4) is 0 Å². The summed E-state index contributed by atoms with van der Waals surface area (Å²) >= 11 is 0. The third kappa shape index (κ3) is 1.40. The number of nitrogens with zero attached hydrogens (tertiary/aromatic N) is 1. The summed E-state index contributed by atoms with van der Waals surface area (Å²) < 4.78 is 1.73. The zero-order valence-electron chi connectivity index (χ0n) is 7.44. The van der Waals surface area contributed by atoms with Gasteiger partial charge in [-0.1, -0.05) is 6.07 Å². The number of aliphatic hydroxyl groups is 1. The molecule has 0 spiro atoms. The van der Waals surface area contributed by atoms with Crippen LogP contribution in [0.4, 0.5) is 0 Å². The summed E-state index contributed by atoms with van der Waals surface area (Å²) in [5.74, 6) is 0. The normalized spacial score (nSPS) is 21.2. The Balaban J connectivity index is 2.53. The summed E-state index contributed by atoms with van der Waals surface area (Å²) in [4.78, 5) is 11.5. The second-order valence-corrected chi connectivity index (χ2v) is 3.45. The van der Waals surface area contributed by atoms with Crippen LogP contribution in [0.1, 0.15) is 24.6 Å². The number of hydrogen-bond acceptors (Lipinski definition) is 2. The van der Waals surface area contributed by atoms with Crippen molar-refractivity contribution >= 4 is 0 Å². The third-order valence-electron chi connectivity index (χ3n) is 2.62. The Kier molecular flexibility index (Phi) is 2.19. The van der Waals surface area contributed by atoms with E-state index in [-0.39, 0.29) is 18.2 Å². The first kappa shape index (κ1) is 8.51. The zero-order valence-corrected chi connectivity index (χ0v) is 7.44. The number of aliphatic hydroxyl groups excluding tert-OH is 1. The van der Waals surface area contributed by atoms with E-state index in [9.17, 15) is 4.79 Å². The van der Waals surface area contributed by atoms with Gasteiger partial charge in [-0.15, -0.1) is 0 Å². The van der Waals surface area contributed by atoms with Crippen molar-refractivity contribution in [3.8, 4) is 0 Å². The SMILES string of the molecule is O=c1cccc2n1[C@@H](CO)CCC2. The van der Waals surface area contributed by atoms with E-state index >= 15 is 0 Å². The molecule has 0 aromatic carbocycles. The molecule has 1 aromatic heterocycles. The molecule has 1 aromatic rings. The minimum atomic E-state index is -0.00236. The maximum absolute atomic E-state index is 11.5. The van der Waals surface area contributed by atoms with Gasteiger partial charge in [0.05, 0.1) is 12.6 Å². The lowest BCUT2D eigenvalue weighted by atomic mass is 10.0. The summed E-state index contributed by atoms with van der Waals surface area (Å²) in [7, 11) is 0. The Hall–Kier alpha value is -1.09. The molecule has 0 saturated carbocycles. The molecule has 0 bridgehead atoms. The second kappa shape index (κ2) is 3.34. The van der Waals surface area contributed by atoms with Gasteiger partial charge in [0.15, 0.2) is 0 Å². The Bertz CT molecular complexity index is 356. The van der Waals surface area contributed by atoms with E-state index in [4.69, 9.17) is 5.11 Å². The average molecular weight is 179 g/mol. The standard InChI is InChI=1S/C10H13NO2/c12-7-9-5-1-3-8-4-2-6-10(13)11(8)9/h2,4,6,9,12H,1,3,5,7H2/t9-/m1/s1. The molecule has 0 amide bonds. The molecular formula is C10H13NO2. The van der Waals surface area contributed by atoms with Gasteiger partial charge in [0.2, 0.25) is 0 Å². The highest BCUT2D eigenvalue weighted by Crippen LogP contribution is 2.21. The van der Waals surface area contributed by atoms with E-state index in [0.29, 0.717) is 0 Å². The maximum atomic E-state index is 11.5. The van der Waals surface area contributed by atoms with E-state index in [1.54, 1.807) is 16.7 Å². The van der Waals surface area contributed by atoms with Crippen molar-refractivity contribution in [1.29, 1.82) is 0 Å².